The second-order valence-electron chi connectivity index (χ2n) is 9.73. The van der Waals surface area contributed by atoms with Gasteiger partial charge < -0.3 is 15.1 Å². The molecule has 5 amide bonds. The van der Waals surface area contributed by atoms with Crippen LogP contribution in [0.25, 0.3) is 5.69 Å². The zero-order valence-electron chi connectivity index (χ0n) is 20.1. The van der Waals surface area contributed by atoms with Gasteiger partial charge in [0.25, 0.3) is 11.8 Å². The van der Waals surface area contributed by atoms with E-state index in [0.717, 1.165) is 12.8 Å². The van der Waals surface area contributed by atoms with Crippen LogP contribution in [0.15, 0.2) is 24.4 Å². The summed E-state index contributed by atoms with van der Waals surface area (Å²) in [5, 5.41) is 13.2. The molecule has 36 heavy (non-hydrogen) atoms. The van der Waals surface area contributed by atoms with Gasteiger partial charge in [0.1, 0.15) is 11.6 Å². The monoisotopic (exact) mass is 493 g/mol. The molecule has 1 saturated heterocycles. The first-order valence-corrected chi connectivity index (χ1v) is 11.9. The van der Waals surface area contributed by atoms with Crippen LogP contribution in [0.1, 0.15) is 64.9 Å². The zero-order valence-corrected chi connectivity index (χ0v) is 20.1. The molecule has 1 aromatic carbocycles. The van der Waals surface area contributed by atoms with E-state index in [1.165, 1.54) is 20.7 Å². The molecule has 1 atom stereocenters. The maximum Gasteiger partial charge on any atom is 0.274 e. The van der Waals surface area contributed by atoms with Crippen LogP contribution in [-0.2, 0) is 20.9 Å². The van der Waals surface area contributed by atoms with Crippen LogP contribution in [0.5, 0.6) is 0 Å². The standard InChI is InChI=1S/C24H27N7O5/c1-29(2)23(36)24(9-3-4-10-24)26-20(33)17-13-31(28-27-17)15-5-6-16-14(11-15)12-30(22(16)35)18-7-8-19(32)25-21(18)34/h5-6,11,13,18H,3-4,7-10,12H2,1-2H3,(H,26,33)(H,25,32,34). The Bertz CT molecular complexity index is 1280. The van der Waals surface area contributed by atoms with E-state index in [9.17, 15) is 24.0 Å². The number of carbonyl (C=O) groups excluding carboxylic acids is 5. The number of nitrogens with one attached hydrogen (secondary N) is 2. The number of hydrogen-bond donors (Lipinski definition) is 2. The molecule has 1 unspecified atom stereocenters. The minimum Gasteiger partial charge on any atom is -0.347 e. The van der Waals surface area contributed by atoms with E-state index < -0.39 is 23.4 Å². The number of benzene rings is 1. The first kappa shape index (κ1) is 23.6. The molecule has 0 bridgehead atoms. The molecule has 1 saturated carbocycles. The lowest BCUT2D eigenvalue weighted by Gasteiger charge is -2.31. The van der Waals surface area contributed by atoms with Gasteiger partial charge in [0.15, 0.2) is 5.69 Å². The number of amides is 5. The molecule has 12 heteroatoms. The van der Waals surface area contributed by atoms with Crippen molar-refractivity contribution in [3.8, 4) is 5.69 Å². The Labute approximate surface area is 207 Å². The minimum atomic E-state index is -0.933. The molecule has 0 spiro atoms. The summed E-state index contributed by atoms with van der Waals surface area (Å²) in [5.41, 5.74) is 0.933. The quantitative estimate of drug-likeness (QED) is 0.564. The number of piperidine rings is 1. The fraction of sp³-hybridized carbons (Fsp3) is 0.458. The van der Waals surface area contributed by atoms with E-state index in [4.69, 9.17) is 0 Å². The van der Waals surface area contributed by atoms with Crippen LogP contribution in [0.3, 0.4) is 0 Å². The van der Waals surface area contributed by atoms with Gasteiger partial charge in [-0.1, -0.05) is 18.1 Å². The van der Waals surface area contributed by atoms with Crippen molar-refractivity contribution in [3.63, 3.8) is 0 Å². The van der Waals surface area contributed by atoms with Gasteiger partial charge in [0.05, 0.1) is 11.9 Å². The zero-order chi connectivity index (χ0) is 25.6. The van der Waals surface area contributed by atoms with Crippen molar-refractivity contribution >= 4 is 29.5 Å². The van der Waals surface area contributed by atoms with Crippen LogP contribution in [-0.4, -0.2) is 80.0 Å². The Morgan fingerprint density at radius 2 is 1.92 bits per heavy atom. The third-order valence-electron chi connectivity index (χ3n) is 7.12. The highest BCUT2D eigenvalue weighted by molar-refractivity contribution is 6.05. The highest BCUT2D eigenvalue weighted by atomic mass is 16.2. The molecule has 1 aliphatic carbocycles. The maximum absolute atomic E-state index is 13.0. The summed E-state index contributed by atoms with van der Waals surface area (Å²) in [6.07, 6.45) is 4.82. The SMILES string of the molecule is CN(C)C(=O)C1(NC(=O)c2cn(-c3ccc4c(c3)CN(C3CCC(=O)NC3=O)C4=O)nn2)CCCC1. The molecule has 2 aliphatic heterocycles. The largest absolute Gasteiger partial charge is 0.347 e. The number of imide groups is 1. The smallest absolute Gasteiger partial charge is 0.274 e. The van der Waals surface area contributed by atoms with Crippen LogP contribution < -0.4 is 10.6 Å². The maximum atomic E-state index is 13.0. The van der Waals surface area contributed by atoms with Crippen molar-refractivity contribution in [2.24, 2.45) is 0 Å². The van der Waals surface area contributed by atoms with Crippen molar-refractivity contribution in [2.45, 2.75) is 56.7 Å². The van der Waals surface area contributed by atoms with Crippen molar-refractivity contribution < 1.29 is 24.0 Å². The Hall–Kier alpha value is -4.09. The molecule has 2 N–H and O–H groups in total. The van der Waals surface area contributed by atoms with Crippen LogP contribution in [0, 0.1) is 0 Å². The van der Waals surface area contributed by atoms with Crippen LogP contribution in [0.2, 0.25) is 0 Å². The number of aromatic nitrogens is 3. The Balaban J connectivity index is 1.33. The summed E-state index contributed by atoms with van der Waals surface area (Å²) in [5.74, 6) is -1.67. The molecule has 2 aromatic rings. The molecule has 12 nitrogen and oxygen atoms in total. The number of carbonyl (C=O) groups is 5. The molecule has 188 valence electrons. The van der Waals surface area contributed by atoms with Gasteiger partial charge in [-0.05, 0) is 43.0 Å². The second-order valence-corrected chi connectivity index (χ2v) is 9.73. The van der Waals surface area contributed by atoms with Crippen molar-refractivity contribution in [3.05, 3.63) is 41.2 Å². The lowest BCUT2D eigenvalue weighted by atomic mass is 9.95. The summed E-state index contributed by atoms with van der Waals surface area (Å²) in [4.78, 5) is 65.3. The fourth-order valence-corrected chi connectivity index (χ4v) is 5.28. The second kappa shape index (κ2) is 8.85. The third kappa shape index (κ3) is 4.01. The summed E-state index contributed by atoms with van der Waals surface area (Å²) in [6.45, 7) is 0.228. The number of hydrogen-bond acceptors (Lipinski definition) is 7. The molecule has 1 aromatic heterocycles. The molecule has 3 heterocycles. The van der Waals surface area contributed by atoms with Crippen molar-refractivity contribution in [1.82, 2.24) is 35.4 Å². The van der Waals surface area contributed by atoms with E-state index in [0.29, 0.717) is 29.7 Å². The van der Waals surface area contributed by atoms with E-state index in [-0.39, 0.29) is 42.8 Å². The summed E-state index contributed by atoms with van der Waals surface area (Å²) >= 11 is 0. The van der Waals surface area contributed by atoms with E-state index in [2.05, 4.69) is 20.9 Å². The number of fused-ring (bicyclic) bond motifs is 1. The topological polar surface area (TPSA) is 147 Å². The van der Waals surface area contributed by atoms with E-state index >= 15 is 0 Å². The lowest BCUT2D eigenvalue weighted by Crippen LogP contribution is -2.56. The Morgan fingerprint density at radius 3 is 2.61 bits per heavy atom. The van der Waals surface area contributed by atoms with Crippen LogP contribution in [0.4, 0.5) is 0 Å². The highest BCUT2D eigenvalue weighted by Gasteiger charge is 2.44. The van der Waals surface area contributed by atoms with Gasteiger partial charge >= 0.3 is 0 Å². The highest BCUT2D eigenvalue weighted by Crippen LogP contribution is 2.32. The first-order chi connectivity index (χ1) is 17.2. The molecule has 3 aliphatic rings. The predicted octanol–water partition coefficient (Wildman–Crippen LogP) is 0.159. The molecule has 2 fully saturated rings. The average Bonchev–Trinajstić information content (AvgIpc) is 3.58. The summed E-state index contributed by atoms with van der Waals surface area (Å²) < 4.78 is 1.43. The lowest BCUT2D eigenvalue weighted by molar-refractivity contribution is -0.137. The summed E-state index contributed by atoms with van der Waals surface area (Å²) in [6, 6.07) is 4.42. The van der Waals surface area contributed by atoms with Gasteiger partial charge in [-0.3, -0.25) is 29.3 Å². The van der Waals surface area contributed by atoms with Gasteiger partial charge in [-0.2, -0.15) is 0 Å². The molecular formula is C24H27N7O5. The van der Waals surface area contributed by atoms with Crippen molar-refractivity contribution in [1.29, 1.82) is 0 Å². The Morgan fingerprint density at radius 1 is 1.17 bits per heavy atom. The predicted molar refractivity (Wildman–Crippen MR) is 125 cm³/mol. The first-order valence-electron chi connectivity index (χ1n) is 11.9. The van der Waals surface area contributed by atoms with Gasteiger partial charge in [-0.25, -0.2) is 4.68 Å². The molecule has 5 rings (SSSR count). The number of likely N-dealkylation sites (N-methyl/N-ethyl adjacent to an activating group) is 1. The number of rotatable bonds is 5. The fourth-order valence-electron chi connectivity index (χ4n) is 5.28. The van der Waals surface area contributed by atoms with E-state index in [1.54, 1.807) is 32.3 Å². The van der Waals surface area contributed by atoms with E-state index in [1.807, 2.05) is 0 Å². The van der Waals surface area contributed by atoms with Crippen LogP contribution >= 0.6 is 0 Å². The van der Waals surface area contributed by atoms with Crippen molar-refractivity contribution in [2.75, 3.05) is 14.1 Å². The average molecular weight is 494 g/mol. The van der Waals surface area contributed by atoms with Gasteiger partial charge in [0, 0.05) is 32.6 Å². The Kier molecular flexibility index (Phi) is 5.81. The molecule has 0 radical (unpaired) electrons. The van der Waals surface area contributed by atoms with Gasteiger partial charge in [-0.15, -0.1) is 5.10 Å². The van der Waals surface area contributed by atoms with Gasteiger partial charge in [0.2, 0.25) is 17.7 Å². The minimum absolute atomic E-state index is 0.0783. The third-order valence-corrected chi connectivity index (χ3v) is 7.12. The summed E-state index contributed by atoms with van der Waals surface area (Å²) in [7, 11) is 3.34. The number of nitrogens with zero attached hydrogens (tertiary/aromatic N) is 5. The molecular weight excluding hydrogens is 466 g/mol. The normalized spacial score (nSPS) is 20.8.